The lowest BCUT2D eigenvalue weighted by atomic mass is 9.99. The van der Waals surface area contributed by atoms with E-state index in [2.05, 4.69) is 156 Å². The molecule has 7 aromatic carbocycles. The van der Waals surface area contributed by atoms with Crippen LogP contribution >= 0.6 is 0 Å². The summed E-state index contributed by atoms with van der Waals surface area (Å²) >= 11 is 0. The molecule has 0 unspecified atom stereocenters. The molecule has 0 radical (unpaired) electrons. The fraction of sp³-hybridized carbons (Fsp3) is 0. The average Bonchev–Trinajstić information content (AvgIpc) is 3.64. The van der Waals surface area contributed by atoms with Gasteiger partial charge in [0.2, 0.25) is 0 Å². The Morgan fingerprint density at radius 3 is 1.75 bits per heavy atom. The summed E-state index contributed by atoms with van der Waals surface area (Å²) in [6.07, 6.45) is 0. The standard InChI is InChI=1S/C42H27NO/c1-2-9-31(10-3-1)34-13-8-14-37-35-11-4-6-15-39(35)43(42(34)37)33-24-21-29(22-25-33)28-17-19-30(20-18-28)32-23-26-41-38(27-32)36-12-5-7-16-40(36)44-41/h1-27H. The highest BCUT2D eigenvalue weighted by Crippen LogP contribution is 2.38. The van der Waals surface area contributed by atoms with E-state index in [0.29, 0.717) is 0 Å². The number of hydrogen-bond acceptors (Lipinski definition) is 1. The molecule has 0 aliphatic carbocycles. The molecular formula is C42H27NO. The Balaban J connectivity index is 1.10. The van der Waals surface area contributed by atoms with E-state index in [-0.39, 0.29) is 0 Å². The molecule has 0 saturated carbocycles. The number of benzene rings is 7. The Labute approximate surface area is 255 Å². The van der Waals surface area contributed by atoms with Gasteiger partial charge in [0, 0.05) is 32.8 Å². The average molecular weight is 562 g/mol. The van der Waals surface area contributed by atoms with E-state index in [9.17, 15) is 0 Å². The molecule has 2 heterocycles. The molecule has 0 bridgehead atoms. The Morgan fingerprint density at radius 1 is 0.364 bits per heavy atom. The zero-order valence-electron chi connectivity index (χ0n) is 23.9. The second kappa shape index (κ2) is 9.86. The monoisotopic (exact) mass is 561 g/mol. The Morgan fingerprint density at radius 2 is 0.955 bits per heavy atom. The second-order valence-corrected chi connectivity index (χ2v) is 11.4. The molecule has 2 nitrogen and oxygen atoms in total. The molecule has 44 heavy (non-hydrogen) atoms. The molecule has 0 spiro atoms. The first kappa shape index (κ1) is 24.7. The van der Waals surface area contributed by atoms with Crippen LogP contribution in [0.25, 0.3) is 82.8 Å². The lowest BCUT2D eigenvalue weighted by molar-refractivity contribution is 0.669. The molecular weight excluding hydrogens is 534 g/mol. The fourth-order valence-electron chi connectivity index (χ4n) is 6.70. The molecule has 2 heteroatoms. The van der Waals surface area contributed by atoms with Gasteiger partial charge in [-0.3, -0.25) is 0 Å². The van der Waals surface area contributed by atoms with Crippen molar-refractivity contribution in [1.29, 1.82) is 0 Å². The van der Waals surface area contributed by atoms with E-state index in [0.717, 1.165) is 27.6 Å². The molecule has 0 aliphatic rings. The normalized spacial score (nSPS) is 11.6. The molecule has 9 aromatic rings. The SMILES string of the molecule is c1ccc(-c2cccc3c4ccccc4n(-c4ccc(-c5ccc(-c6ccc7oc8ccccc8c7c6)cc5)cc4)c23)cc1. The molecule has 2 aromatic heterocycles. The van der Waals surface area contributed by atoms with Gasteiger partial charge in [0.25, 0.3) is 0 Å². The first-order valence-corrected chi connectivity index (χ1v) is 15.0. The maximum Gasteiger partial charge on any atom is 0.135 e. The number of hydrogen-bond donors (Lipinski definition) is 0. The second-order valence-electron chi connectivity index (χ2n) is 11.4. The van der Waals surface area contributed by atoms with E-state index >= 15 is 0 Å². The van der Waals surface area contributed by atoms with Gasteiger partial charge >= 0.3 is 0 Å². The largest absolute Gasteiger partial charge is 0.456 e. The minimum absolute atomic E-state index is 0.922. The summed E-state index contributed by atoms with van der Waals surface area (Å²) in [5, 5.41) is 4.84. The molecule has 0 atom stereocenters. The first-order valence-electron chi connectivity index (χ1n) is 15.0. The summed E-state index contributed by atoms with van der Waals surface area (Å²) in [6, 6.07) is 58.5. The Bertz CT molecular complexity index is 2460. The van der Waals surface area contributed by atoms with E-state index in [1.165, 1.54) is 55.2 Å². The predicted octanol–water partition coefficient (Wildman–Crippen LogP) is 11.7. The highest BCUT2D eigenvalue weighted by molar-refractivity contribution is 6.13. The molecule has 9 rings (SSSR count). The lowest BCUT2D eigenvalue weighted by Gasteiger charge is -2.13. The van der Waals surface area contributed by atoms with Crippen LogP contribution in [0.1, 0.15) is 0 Å². The van der Waals surface area contributed by atoms with Crippen LogP contribution in [0.3, 0.4) is 0 Å². The molecule has 0 fully saturated rings. The van der Waals surface area contributed by atoms with Crippen LogP contribution in [-0.4, -0.2) is 4.57 Å². The summed E-state index contributed by atoms with van der Waals surface area (Å²) in [4.78, 5) is 0. The van der Waals surface area contributed by atoms with Crippen LogP contribution in [0.4, 0.5) is 0 Å². The van der Waals surface area contributed by atoms with Crippen molar-refractivity contribution in [3.63, 3.8) is 0 Å². The van der Waals surface area contributed by atoms with Gasteiger partial charge in [-0.15, -0.1) is 0 Å². The van der Waals surface area contributed by atoms with Crippen molar-refractivity contribution in [3.05, 3.63) is 164 Å². The van der Waals surface area contributed by atoms with Crippen molar-refractivity contribution in [2.75, 3.05) is 0 Å². The van der Waals surface area contributed by atoms with Gasteiger partial charge in [-0.25, -0.2) is 0 Å². The number of fused-ring (bicyclic) bond motifs is 6. The third-order valence-corrected chi connectivity index (χ3v) is 8.83. The Kier molecular flexibility index (Phi) is 5.54. The van der Waals surface area contributed by atoms with E-state index < -0.39 is 0 Å². The van der Waals surface area contributed by atoms with Gasteiger partial charge in [-0.2, -0.15) is 0 Å². The molecule has 0 aliphatic heterocycles. The fourth-order valence-corrected chi connectivity index (χ4v) is 6.70. The summed E-state index contributed by atoms with van der Waals surface area (Å²) < 4.78 is 8.44. The quantitative estimate of drug-likeness (QED) is 0.209. The third kappa shape index (κ3) is 3.89. The lowest BCUT2D eigenvalue weighted by Crippen LogP contribution is -1.95. The van der Waals surface area contributed by atoms with Crippen LogP contribution in [-0.2, 0) is 0 Å². The smallest absolute Gasteiger partial charge is 0.135 e. The Hall–Kier alpha value is -5.86. The molecule has 0 N–H and O–H groups in total. The van der Waals surface area contributed by atoms with Crippen LogP contribution in [0, 0.1) is 0 Å². The van der Waals surface area contributed by atoms with Crippen molar-refractivity contribution in [3.8, 4) is 39.1 Å². The molecule has 0 amide bonds. The summed E-state index contributed by atoms with van der Waals surface area (Å²) in [5.41, 5.74) is 12.7. The van der Waals surface area contributed by atoms with Crippen molar-refractivity contribution in [1.82, 2.24) is 4.57 Å². The zero-order valence-corrected chi connectivity index (χ0v) is 23.9. The maximum atomic E-state index is 6.03. The minimum Gasteiger partial charge on any atom is -0.456 e. The van der Waals surface area contributed by atoms with Crippen molar-refractivity contribution in [2.45, 2.75) is 0 Å². The highest BCUT2D eigenvalue weighted by Gasteiger charge is 2.16. The number of aromatic nitrogens is 1. The van der Waals surface area contributed by atoms with Gasteiger partial charge in [0.05, 0.1) is 11.0 Å². The van der Waals surface area contributed by atoms with Crippen LogP contribution in [0.2, 0.25) is 0 Å². The number of nitrogens with zero attached hydrogens (tertiary/aromatic N) is 1. The van der Waals surface area contributed by atoms with Crippen molar-refractivity contribution >= 4 is 43.7 Å². The van der Waals surface area contributed by atoms with E-state index in [1.54, 1.807) is 0 Å². The molecule has 0 saturated heterocycles. The number of furan rings is 1. The summed E-state index contributed by atoms with van der Waals surface area (Å²) in [7, 11) is 0. The topological polar surface area (TPSA) is 18.1 Å². The van der Waals surface area contributed by atoms with Gasteiger partial charge < -0.3 is 8.98 Å². The van der Waals surface area contributed by atoms with Crippen molar-refractivity contribution in [2.24, 2.45) is 0 Å². The third-order valence-electron chi connectivity index (χ3n) is 8.83. The minimum atomic E-state index is 0.922. The maximum absolute atomic E-state index is 6.03. The summed E-state index contributed by atoms with van der Waals surface area (Å²) in [5.74, 6) is 0. The van der Waals surface area contributed by atoms with E-state index in [1.807, 2.05) is 12.1 Å². The highest BCUT2D eigenvalue weighted by atomic mass is 16.3. The summed E-state index contributed by atoms with van der Waals surface area (Å²) in [6.45, 7) is 0. The predicted molar refractivity (Wildman–Crippen MR) is 184 cm³/mol. The number of para-hydroxylation sites is 3. The van der Waals surface area contributed by atoms with Gasteiger partial charge in [0.15, 0.2) is 0 Å². The van der Waals surface area contributed by atoms with Gasteiger partial charge in [0.1, 0.15) is 11.2 Å². The van der Waals surface area contributed by atoms with Gasteiger partial charge in [-0.05, 0) is 64.2 Å². The van der Waals surface area contributed by atoms with E-state index in [4.69, 9.17) is 4.42 Å². The zero-order chi connectivity index (χ0) is 29.0. The molecule has 206 valence electrons. The first-order chi connectivity index (χ1) is 21.8. The number of rotatable bonds is 4. The van der Waals surface area contributed by atoms with Crippen LogP contribution in [0.15, 0.2) is 168 Å². The van der Waals surface area contributed by atoms with Crippen LogP contribution < -0.4 is 0 Å². The van der Waals surface area contributed by atoms with Gasteiger partial charge in [-0.1, -0.05) is 127 Å². The van der Waals surface area contributed by atoms with Crippen molar-refractivity contribution < 1.29 is 4.42 Å². The van der Waals surface area contributed by atoms with Crippen LogP contribution in [0.5, 0.6) is 0 Å².